The Labute approximate surface area is 89.9 Å². The van der Waals surface area contributed by atoms with Crippen molar-refractivity contribution in [1.82, 2.24) is 14.3 Å². The molecule has 0 spiro atoms. The first-order valence-corrected chi connectivity index (χ1v) is 6.23. The quantitative estimate of drug-likeness (QED) is 0.761. The van der Waals surface area contributed by atoms with Crippen LogP contribution in [0.3, 0.4) is 0 Å². The molecule has 86 valence electrons. The number of nitrogens with zero attached hydrogens (tertiary/aromatic N) is 2. The van der Waals surface area contributed by atoms with Crippen molar-refractivity contribution in [1.29, 1.82) is 0 Å². The van der Waals surface area contributed by atoms with Gasteiger partial charge in [0, 0.05) is 26.0 Å². The van der Waals surface area contributed by atoms with E-state index < -0.39 is 10.2 Å². The molecule has 1 aromatic heterocycles. The van der Waals surface area contributed by atoms with Crippen LogP contribution in [0.15, 0.2) is 12.4 Å². The predicted octanol–water partition coefficient (Wildman–Crippen LogP) is 0.798. The molecule has 0 aromatic carbocycles. The molecule has 0 aliphatic rings. The third kappa shape index (κ3) is 3.52. The lowest BCUT2D eigenvalue weighted by Crippen LogP contribution is -2.33. The second-order valence-corrected chi connectivity index (χ2v) is 5.00. The van der Waals surface area contributed by atoms with Crippen molar-refractivity contribution in [3.8, 4) is 0 Å². The van der Waals surface area contributed by atoms with Crippen LogP contribution in [0, 0.1) is 0 Å². The summed E-state index contributed by atoms with van der Waals surface area (Å²) in [5, 5.41) is 0. The van der Waals surface area contributed by atoms with Crippen LogP contribution in [0.2, 0.25) is 0 Å². The van der Waals surface area contributed by atoms with Crippen molar-refractivity contribution in [3.05, 3.63) is 12.4 Å². The molecule has 0 aliphatic carbocycles. The molecule has 0 aliphatic heterocycles. The second-order valence-electron chi connectivity index (χ2n) is 3.22. The maximum atomic E-state index is 11.7. The number of aromatic amines is 1. The maximum Gasteiger partial charge on any atom is 0.303 e. The number of nitrogens with one attached hydrogen (secondary N) is 2. The Morgan fingerprint density at radius 1 is 1.60 bits per heavy atom. The van der Waals surface area contributed by atoms with Gasteiger partial charge in [0.05, 0.1) is 0 Å². The summed E-state index contributed by atoms with van der Waals surface area (Å²) in [4.78, 5) is 6.47. The molecular formula is C8H16N4O2S. The van der Waals surface area contributed by atoms with E-state index in [0.717, 1.165) is 12.8 Å². The molecule has 0 bridgehead atoms. The van der Waals surface area contributed by atoms with E-state index in [4.69, 9.17) is 0 Å². The largest absolute Gasteiger partial charge is 0.330 e. The number of aromatic nitrogens is 2. The average Bonchev–Trinajstić information content (AvgIpc) is 2.65. The summed E-state index contributed by atoms with van der Waals surface area (Å²) >= 11 is 0. The van der Waals surface area contributed by atoms with Crippen molar-refractivity contribution in [2.75, 3.05) is 18.3 Å². The zero-order chi connectivity index (χ0) is 11.3. The fraction of sp³-hybridized carbons (Fsp3) is 0.625. The molecule has 6 nitrogen and oxygen atoms in total. The highest BCUT2D eigenvalue weighted by Crippen LogP contribution is 2.04. The molecule has 1 rings (SSSR count). The van der Waals surface area contributed by atoms with Gasteiger partial charge in [0.1, 0.15) is 0 Å². The summed E-state index contributed by atoms with van der Waals surface area (Å²) in [6.45, 7) is 2.52. The van der Waals surface area contributed by atoms with Gasteiger partial charge in [-0.05, 0) is 6.42 Å². The summed E-state index contributed by atoms with van der Waals surface area (Å²) < 4.78 is 26.9. The SMILES string of the molecule is CCCCN(C)S(=O)(=O)Nc1ncc[nH]1. The van der Waals surface area contributed by atoms with Crippen LogP contribution < -0.4 is 4.72 Å². The molecule has 0 saturated heterocycles. The Bertz CT molecular complexity index is 373. The van der Waals surface area contributed by atoms with Crippen LogP contribution in [0.25, 0.3) is 0 Å². The summed E-state index contributed by atoms with van der Waals surface area (Å²) in [5.74, 6) is 0.235. The molecular weight excluding hydrogens is 216 g/mol. The highest BCUT2D eigenvalue weighted by Gasteiger charge is 2.17. The fourth-order valence-electron chi connectivity index (χ4n) is 1.02. The third-order valence-electron chi connectivity index (χ3n) is 1.96. The molecule has 0 saturated carbocycles. The number of hydrogen-bond acceptors (Lipinski definition) is 3. The average molecular weight is 232 g/mol. The third-order valence-corrected chi connectivity index (χ3v) is 3.42. The van der Waals surface area contributed by atoms with Gasteiger partial charge >= 0.3 is 10.2 Å². The van der Waals surface area contributed by atoms with Gasteiger partial charge in [-0.25, -0.2) is 9.71 Å². The Morgan fingerprint density at radius 3 is 2.87 bits per heavy atom. The van der Waals surface area contributed by atoms with Gasteiger partial charge in [-0.3, -0.25) is 0 Å². The van der Waals surface area contributed by atoms with Gasteiger partial charge in [-0.1, -0.05) is 13.3 Å². The summed E-state index contributed by atoms with van der Waals surface area (Å²) in [7, 11) is -1.92. The maximum absolute atomic E-state index is 11.7. The molecule has 0 amide bonds. The Morgan fingerprint density at radius 2 is 2.33 bits per heavy atom. The van der Waals surface area contributed by atoms with Gasteiger partial charge in [0.25, 0.3) is 0 Å². The number of anilines is 1. The Hall–Kier alpha value is -1.08. The van der Waals surface area contributed by atoms with Crippen LogP contribution in [-0.4, -0.2) is 36.3 Å². The number of imidazole rings is 1. The molecule has 0 fully saturated rings. The van der Waals surface area contributed by atoms with Gasteiger partial charge in [0.15, 0.2) is 0 Å². The van der Waals surface area contributed by atoms with Crippen molar-refractivity contribution in [3.63, 3.8) is 0 Å². The number of H-pyrrole nitrogens is 1. The van der Waals surface area contributed by atoms with Crippen LogP contribution in [-0.2, 0) is 10.2 Å². The molecule has 2 N–H and O–H groups in total. The normalized spacial score (nSPS) is 11.9. The van der Waals surface area contributed by atoms with Gasteiger partial charge in [-0.15, -0.1) is 0 Å². The first-order valence-electron chi connectivity index (χ1n) is 4.79. The molecule has 0 radical (unpaired) electrons. The second kappa shape index (κ2) is 5.13. The van der Waals surface area contributed by atoms with Crippen LogP contribution in [0.5, 0.6) is 0 Å². The van der Waals surface area contributed by atoms with Crippen molar-refractivity contribution in [2.24, 2.45) is 0 Å². The number of hydrogen-bond donors (Lipinski definition) is 2. The van der Waals surface area contributed by atoms with Crippen molar-refractivity contribution in [2.45, 2.75) is 19.8 Å². The molecule has 1 heterocycles. The van der Waals surface area contributed by atoms with Crippen molar-refractivity contribution < 1.29 is 8.42 Å². The van der Waals surface area contributed by atoms with E-state index in [1.54, 1.807) is 13.2 Å². The summed E-state index contributed by atoms with van der Waals surface area (Å²) in [5.41, 5.74) is 0. The summed E-state index contributed by atoms with van der Waals surface area (Å²) in [6, 6.07) is 0. The van der Waals surface area contributed by atoms with Gasteiger partial charge in [-0.2, -0.15) is 12.7 Å². The first-order chi connectivity index (χ1) is 7.06. The highest BCUT2D eigenvalue weighted by atomic mass is 32.2. The monoisotopic (exact) mass is 232 g/mol. The summed E-state index contributed by atoms with van der Waals surface area (Å²) in [6.07, 6.45) is 4.85. The van der Waals surface area contributed by atoms with Crippen LogP contribution in [0.1, 0.15) is 19.8 Å². The lowest BCUT2D eigenvalue weighted by Gasteiger charge is -2.16. The van der Waals surface area contributed by atoms with Gasteiger partial charge in [0.2, 0.25) is 5.95 Å². The lowest BCUT2D eigenvalue weighted by atomic mass is 10.3. The van der Waals surface area contributed by atoms with Crippen LogP contribution >= 0.6 is 0 Å². The standard InChI is InChI=1S/C8H16N4O2S/c1-3-4-7-12(2)15(13,14)11-8-9-5-6-10-8/h5-6H,3-4,7H2,1-2H3,(H2,9,10,11). The van der Waals surface area contributed by atoms with E-state index in [9.17, 15) is 8.42 Å². The van der Waals surface area contributed by atoms with Crippen molar-refractivity contribution >= 4 is 16.2 Å². The molecule has 0 atom stereocenters. The first kappa shape index (κ1) is 12.0. The van der Waals surface area contributed by atoms with Crippen LogP contribution in [0.4, 0.5) is 5.95 Å². The molecule has 0 unspecified atom stereocenters. The predicted molar refractivity (Wildman–Crippen MR) is 58.7 cm³/mol. The van der Waals surface area contributed by atoms with E-state index in [2.05, 4.69) is 14.7 Å². The van der Waals surface area contributed by atoms with E-state index >= 15 is 0 Å². The number of rotatable bonds is 6. The molecule has 1 aromatic rings. The van der Waals surface area contributed by atoms with E-state index in [-0.39, 0.29) is 5.95 Å². The topological polar surface area (TPSA) is 78.1 Å². The Balaban J connectivity index is 2.59. The van der Waals surface area contributed by atoms with E-state index in [0.29, 0.717) is 6.54 Å². The van der Waals surface area contributed by atoms with Gasteiger partial charge < -0.3 is 4.98 Å². The smallest absolute Gasteiger partial charge is 0.303 e. The molecule has 15 heavy (non-hydrogen) atoms. The van der Waals surface area contributed by atoms with E-state index in [1.165, 1.54) is 10.5 Å². The minimum Gasteiger partial charge on any atom is -0.330 e. The zero-order valence-corrected chi connectivity index (χ0v) is 9.71. The highest BCUT2D eigenvalue weighted by molar-refractivity contribution is 7.90. The zero-order valence-electron chi connectivity index (χ0n) is 8.90. The minimum atomic E-state index is -3.47. The number of unbranched alkanes of at least 4 members (excludes halogenated alkanes) is 1. The van der Waals surface area contributed by atoms with E-state index in [1.807, 2.05) is 6.92 Å². The Kier molecular flexibility index (Phi) is 4.10. The lowest BCUT2D eigenvalue weighted by molar-refractivity contribution is 0.463. The minimum absolute atomic E-state index is 0.235. The fourth-order valence-corrected chi connectivity index (χ4v) is 1.90. The molecule has 7 heteroatoms.